The molecule has 0 aliphatic heterocycles. The summed E-state index contributed by atoms with van der Waals surface area (Å²) in [6.45, 7) is 2.34. The average Bonchev–Trinajstić information content (AvgIpc) is 2.17. The third-order valence-corrected chi connectivity index (χ3v) is 1.91. The van der Waals surface area contributed by atoms with Gasteiger partial charge >= 0.3 is 0 Å². The van der Waals surface area contributed by atoms with E-state index < -0.39 is 0 Å². The molecule has 2 nitrogen and oxygen atoms in total. The van der Waals surface area contributed by atoms with Crippen molar-refractivity contribution in [1.82, 2.24) is 4.42 Å². The molecule has 1 rings (SSSR count). The van der Waals surface area contributed by atoms with E-state index in [1.54, 1.807) is 12.1 Å². The summed E-state index contributed by atoms with van der Waals surface area (Å²) in [5.41, 5.74) is 0.620. The second-order valence-electron chi connectivity index (χ2n) is 2.35. The summed E-state index contributed by atoms with van der Waals surface area (Å²) in [5.74, 6) is -0.153. The summed E-state index contributed by atoms with van der Waals surface area (Å²) in [5, 5.41) is 0. The van der Waals surface area contributed by atoms with Crippen molar-refractivity contribution in [2.45, 2.75) is 6.92 Å². The van der Waals surface area contributed by atoms with Crippen molar-refractivity contribution in [3.05, 3.63) is 35.9 Å². The molecule has 0 unspecified atom stereocenters. The Balaban J connectivity index is 2.79. The van der Waals surface area contributed by atoms with Gasteiger partial charge in [-0.2, -0.15) is 0 Å². The van der Waals surface area contributed by atoms with E-state index in [1.807, 2.05) is 25.1 Å². The van der Waals surface area contributed by atoms with Gasteiger partial charge < -0.3 is 0 Å². The average molecular weight is 184 g/mol. The fraction of sp³-hybridized carbons (Fsp3) is 0.222. The Morgan fingerprint density at radius 3 is 2.50 bits per heavy atom. The summed E-state index contributed by atoms with van der Waals surface area (Å²) in [6, 6.07) is 8.98. The van der Waals surface area contributed by atoms with Gasteiger partial charge in [0.1, 0.15) is 0 Å². The first-order chi connectivity index (χ1) is 5.75. The van der Waals surface area contributed by atoms with Gasteiger partial charge in [0.15, 0.2) is 0 Å². The van der Waals surface area contributed by atoms with Gasteiger partial charge in [-0.3, -0.25) is 9.21 Å². The van der Waals surface area contributed by atoms with Crippen molar-refractivity contribution in [1.29, 1.82) is 0 Å². The molecule has 0 heterocycles. The quantitative estimate of drug-likeness (QED) is 0.645. The first-order valence-electron chi connectivity index (χ1n) is 3.78. The molecule has 64 valence electrons. The van der Waals surface area contributed by atoms with Crippen LogP contribution in [0.25, 0.3) is 0 Å². The number of benzene rings is 1. The summed E-state index contributed by atoms with van der Waals surface area (Å²) in [4.78, 5) is 11.4. The first kappa shape index (κ1) is 9.07. The maximum atomic E-state index is 11.4. The zero-order valence-electron chi connectivity index (χ0n) is 6.83. The molecule has 1 aromatic rings. The molecule has 0 aliphatic carbocycles. The molecule has 0 aromatic heterocycles. The van der Waals surface area contributed by atoms with Crippen molar-refractivity contribution in [2.75, 3.05) is 6.54 Å². The van der Waals surface area contributed by atoms with Crippen molar-refractivity contribution < 1.29 is 4.79 Å². The molecule has 0 saturated heterocycles. The lowest BCUT2D eigenvalue weighted by Crippen LogP contribution is -2.20. The van der Waals surface area contributed by atoms with Crippen molar-refractivity contribution in [2.24, 2.45) is 0 Å². The highest BCUT2D eigenvalue weighted by molar-refractivity contribution is 6.24. The van der Waals surface area contributed by atoms with Crippen LogP contribution in [0.1, 0.15) is 17.3 Å². The third kappa shape index (κ3) is 1.98. The van der Waals surface area contributed by atoms with Gasteiger partial charge in [0.05, 0.1) is 0 Å². The van der Waals surface area contributed by atoms with Gasteiger partial charge in [0.2, 0.25) is 0 Å². The Bertz CT molecular complexity index is 260. The van der Waals surface area contributed by atoms with E-state index >= 15 is 0 Å². The Hall–Kier alpha value is -1.02. The van der Waals surface area contributed by atoms with Crippen LogP contribution >= 0.6 is 11.8 Å². The van der Waals surface area contributed by atoms with Gasteiger partial charge in [-0.05, 0) is 19.1 Å². The molecule has 0 spiro atoms. The largest absolute Gasteiger partial charge is 0.268 e. The molecule has 0 aliphatic rings. The molecule has 0 N–H and O–H groups in total. The predicted octanol–water partition coefficient (Wildman–Crippen LogP) is 2.30. The smallest absolute Gasteiger partial charge is 0.268 e. The highest BCUT2D eigenvalue weighted by Gasteiger charge is 2.09. The van der Waals surface area contributed by atoms with Crippen molar-refractivity contribution in [3.8, 4) is 0 Å². The van der Waals surface area contributed by atoms with Gasteiger partial charge in [0.25, 0.3) is 5.91 Å². The molecule has 3 heteroatoms. The standard InChI is InChI=1S/C9H10ClNO/c1-2-11(10)9(12)8-6-4-3-5-7-8/h3-7H,2H2,1H3. The Morgan fingerprint density at radius 2 is 2.00 bits per heavy atom. The molecule has 0 radical (unpaired) electrons. The number of amides is 1. The normalized spacial score (nSPS) is 9.50. The summed E-state index contributed by atoms with van der Waals surface area (Å²) in [6.07, 6.45) is 0. The number of hydrogen-bond donors (Lipinski definition) is 0. The van der Waals surface area contributed by atoms with E-state index in [1.165, 1.54) is 0 Å². The Morgan fingerprint density at radius 1 is 1.42 bits per heavy atom. The highest BCUT2D eigenvalue weighted by atomic mass is 35.5. The van der Waals surface area contributed by atoms with Crippen molar-refractivity contribution in [3.63, 3.8) is 0 Å². The molecule has 0 fully saturated rings. The lowest BCUT2D eigenvalue weighted by atomic mass is 10.2. The number of halogens is 1. The lowest BCUT2D eigenvalue weighted by molar-refractivity contribution is 0.0868. The first-order valence-corrected chi connectivity index (χ1v) is 4.12. The SMILES string of the molecule is CCN(Cl)C(=O)c1ccccc1. The highest BCUT2D eigenvalue weighted by Crippen LogP contribution is 2.05. The summed E-state index contributed by atoms with van der Waals surface area (Å²) >= 11 is 5.63. The molecule has 1 aromatic carbocycles. The molecule has 1 amide bonds. The third-order valence-electron chi connectivity index (χ3n) is 1.52. The van der Waals surface area contributed by atoms with Gasteiger partial charge in [-0.25, -0.2) is 0 Å². The monoisotopic (exact) mass is 183 g/mol. The summed E-state index contributed by atoms with van der Waals surface area (Å²) < 4.78 is 1.16. The fourth-order valence-electron chi connectivity index (χ4n) is 0.864. The van der Waals surface area contributed by atoms with E-state index in [9.17, 15) is 4.79 Å². The topological polar surface area (TPSA) is 20.3 Å². The van der Waals surface area contributed by atoms with Crippen LogP contribution in [0.4, 0.5) is 0 Å². The number of rotatable bonds is 2. The fourth-order valence-corrected chi connectivity index (χ4v) is 0.962. The van der Waals surface area contributed by atoms with Crippen LogP contribution in [-0.4, -0.2) is 16.9 Å². The van der Waals surface area contributed by atoms with E-state index in [0.717, 1.165) is 4.42 Å². The van der Waals surface area contributed by atoms with Gasteiger partial charge in [0, 0.05) is 23.9 Å². The minimum absolute atomic E-state index is 0.153. The summed E-state index contributed by atoms with van der Waals surface area (Å²) in [7, 11) is 0. The van der Waals surface area contributed by atoms with Crippen LogP contribution < -0.4 is 0 Å². The van der Waals surface area contributed by atoms with E-state index in [4.69, 9.17) is 11.8 Å². The lowest BCUT2D eigenvalue weighted by Gasteiger charge is -2.09. The molecule has 12 heavy (non-hydrogen) atoms. The van der Waals surface area contributed by atoms with Crippen LogP contribution in [0.5, 0.6) is 0 Å². The van der Waals surface area contributed by atoms with Gasteiger partial charge in [-0.1, -0.05) is 18.2 Å². The van der Waals surface area contributed by atoms with Crippen LogP contribution in [0, 0.1) is 0 Å². The van der Waals surface area contributed by atoms with Crippen LogP contribution in [-0.2, 0) is 0 Å². The van der Waals surface area contributed by atoms with Crippen molar-refractivity contribution >= 4 is 17.7 Å². The number of nitrogens with zero attached hydrogens (tertiary/aromatic N) is 1. The van der Waals surface area contributed by atoms with Gasteiger partial charge in [-0.15, -0.1) is 0 Å². The minimum atomic E-state index is -0.153. The Labute approximate surface area is 76.9 Å². The van der Waals surface area contributed by atoms with E-state index in [2.05, 4.69) is 0 Å². The molecular formula is C9H10ClNO. The van der Waals surface area contributed by atoms with Crippen LogP contribution in [0.3, 0.4) is 0 Å². The van der Waals surface area contributed by atoms with E-state index in [0.29, 0.717) is 12.1 Å². The number of hydrogen-bond acceptors (Lipinski definition) is 1. The van der Waals surface area contributed by atoms with E-state index in [-0.39, 0.29) is 5.91 Å². The maximum Gasteiger partial charge on any atom is 0.268 e. The van der Waals surface area contributed by atoms with Crippen LogP contribution in [0.2, 0.25) is 0 Å². The maximum absolute atomic E-state index is 11.4. The molecule has 0 bridgehead atoms. The Kier molecular flexibility index (Phi) is 3.11. The number of carbonyl (C=O) groups excluding carboxylic acids is 1. The zero-order valence-corrected chi connectivity index (χ0v) is 7.58. The van der Waals surface area contributed by atoms with Crippen LogP contribution in [0.15, 0.2) is 30.3 Å². The second-order valence-corrected chi connectivity index (χ2v) is 2.76. The second kappa shape index (κ2) is 4.12. The molecule has 0 atom stereocenters. The molecular weight excluding hydrogens is 174 g/mol. The predicted molar refractivity (Wildman–Crippen MR) is 49.0 cm³/mol. The minimum Gasteiger partial charge on any atom is -0.268 e. The number of carbonyl (C=O) groups is 1. The molecule has 0 saturated carbocycles. The zero-order chi connectivity index (χ0) is 8.97.